The van der Waals surface area contributed by atoms with Gasteiger partial charge in [0, 0.05) is 29.3 Å². The number of hydrogen-bond donors (Lipinski definition) is 1. The highest BCUT2D eigenvalue weighted by molar-refractivity contribution is 7.15. The summed E-state index contributed by atoms with van der Waals surface area (Å²) < 4.78 is 12.5. The lowest BCUT2D eigenvalue weighted by atomic mass is 10.1. The zero-order valence-corrected chi connectivity index (χ0v) is 17.0. The molecule has 29 heavy (non-hydrogen) atoms. The number of para-hydroxylation sites is 2. The molecule has 148 valence electrons. The van der Waals surface area contributed by atoms with Crippen LogP contribution in [0.5, 0.6) is 11.5 Å². The second-order valence-electron chi connectivity index (χ2n) is 6.48. The molecule has 2 aromatic carbocycles. The SMILES string of the molecule is COc1ccc(-c2cn3c(CCC(=O)Nc4ccccc4OC)csc3n2)cc1. The number of thiazole rings is 1. The van der Waals surface area contributed by atoms with E-state index in [1.807, 2.05) is 54.7 Å². The van der Waals surface area contributed by atoms with Crippen molar-refractivity contribution in [2.75, 3.05) is 19.5 Å². The maximum Gasteiger partial charge on any atom is 0.224 e. The monoisotopic (exact) mass is 407 g/mol. The van der Waals surface area contributed by atoms with Gasteiger partial charge >= 0.3 is 0 Å². The molecule has 0 aliphatic carbocycles. The first-order valence-corrected chi connectivity index (χ1v) is 10.1. The van der Waals surface area contributed by atoms with Gasteiger partial charge in [0.1, 0.15) is 11.5 Å². The van der Waals surface area contributed by atoms with Crippen LogP contribution in [-0.4, -0.2) is 29.5 Å². The van der Waals surface area contributed by atoms with Gasteiger partial charge in [0.05, 0.1) is 25.6 Å². The standard InChI is InChI=1S/C22H21N3O3S/c1-27-17-10-7-15(8-11-17)19-13-25-16(14-29-22(25)24-19)9-12-21(26)23-18-5-3-4-6-20(18)28-2/h3-8,10-11,13-14H,9,12H2,1-2H3,(H,23,26). The summed E-state index contributed by atoms with van der Waals surface area (Å²) in [4.78, 5) is 18.0. The maximum absolute atomic E-state index is 12.4. The second kappa shape index (κ2) is 8.36. The van der Waals surface area contributed by atoms with E-state index in [9.17, 15) is 4.79 Å². The van der Waals surface area contributed by atoms with Crippen LogP contribution in [-0.2, 0) is 11.2 Å². The van der Waals surface area contributed by atoms with Gasteiger partial charge in [-0.1, -0.05) is 12.1 Å². The van der Waals surface area contributed by atoms with Gasteiger partial charge in [-0.2, -0.15) is 0 Å². The fourth-order valence-corrected chi connectivity index (χ4v) is 4.02. The van der Waals surface area contributed by atoms with E-state index in [-0.39, 0.29) is 5.91 Å². The molecule has 1 amide bonds. The zero-order valence-electron chi connectivity index (χ0n) is 16.2. The normalized spacial score (nSPS) is 10.8. The van der Waals surface area contributed by atoms with Crippen molar-refractivity contribution in [1.29, 1.82) is 0 Å². The van der Waals surface area contributed by atoms with E-state index in [0.29, 0.717) is 24.3 Å². The number of nitrogens with one attached hydrogen (secondary N) is 1. The number of fused-ring (bicyclic) bond motifs is 1. The van der Waals surface area contributed by atoms with Crippen molar-refractivity contribution in [1.82, 2.24) is 9.38 Å². The van der Waals surface area contributed by atoms with E-state index < -0.39 is 0 Å². The highest BCUT2D eigenvalue weighted by Gasteiger charge is 2.12. The number of anilines is 1. The van der Waals surface area contributed by atoms with Crippen LogP contribution in [0.3, 0.4) is 0 Å². The number of carbonyl (C=O) groups is 1. The lowest BCUT2D eigenvalue weighted by Gasteiger charge is -2.09. The highest BCUT2D eigenvalue weighted by Crippen LogP contribution is 2.26. The molecule has 1 N–H and O–H groups in total. The summed E-state index contributed by atoms with van der Waals surface area (Å²) in [7, 11) is 3.24. The van der Waals surface area contributed by atoms with Gasteiger partial charge in [-0.25, -0.2) is 4.98 Å². The molecule has 6 nitrogen and oxygen atoms in total. The molecule has 0 aliphatic heterocycles. The largest absolute Gasteiger partial charge is 0.497 e. The number of aromatic nitrogens is 2. The number of amides is 1. The van der Waals surface area contributed by atoms with Crippen molar-refractivity contribution < 1.29 is 14.3 Å². The molecular formula is C22H21N3O3S. The number of nitrogens with zero attached hydrogens (tertiary/aromatic N) is 2. The molecule has 0 aliphatic rings. The van der Waals surface area contributed by atoms with Crippen LogP contribution < -0.4 is 14.8 Å². The Labute approximate surface area is 172 Å². The van der Waals surface area contributed by atoms with Gasteiger partial charge in [0.15, 0.2) is 4.96 Å². The van der Waals surface area contributed by atoms with Gasteiger partial charge in [-0.15, -0.1) is 11.3 Å². The van der Waals surface area contributed by atoms with Gasteiger partial charge in [0.25, 0.3) is 0 Å². The average Bonchev–Trinajstić information content (AvgIpc) is 3.34. The molecule has 0 spiro atoms. The van der Waals surface area contributed by atoms with E-state index in [2.05, 4.69) is 15.1 Å². The number of aryl methyl sites for hydroxylation is 1. The Kier molecular flexibility index (Phi) is 5.48. The van der Waals surface area contributed by atoms with Crippen molar-refractivity contribution >= 4 is 27.9 Å². The Morgan fingerprint density at radius 2 is 1.90 bits per heavy atom. The number of ether oxygens (including phenoxy) is 2. The molecular weight excluding hydrogens is 386 g/mol. The Morgan fingerprint density at radius 1 is 1.10 bits per heavy atom. The minimum atomic E-state index is -0.0515. The third kappa shape index (κ3) is 4.09. The number of methoxy groups -OCH3 is 2. The molecule has 4 rings (SSSR count). The van der Waals surface area contributed by atoms with E-state index in [0.717, 1.165) is 27.7 Å². The molecule has 0 saturated heterocycles. The van der Waals surface area contributed by atoms with E-state index in [1.165, 1.54) is 0 Å². The van der Waals surface area contributed by atoms with Crippen molar-refractivity contribution in [3.63, 3.8) is 0 Å². The summed E-state index contributed by atoms with van der Waals surface area (Å²) in [6.45, 7) is 0. The molecule has 2 aromatic heterocycles. The van der Waals surface area contributed by atoms with Crippen LogP contribution >= 0.6 is 11.3 Å². The fraction of sp³-hybridized carbons (Fsp3) is 0.182. The third-order valence-electron chi connectivity index (χ3n) is 4.66. The zero-order chi connectivity index (χ0) is 20.2. The summed E-state index contributed by atoms with van der Waals surface area (Å²) in [5, 5.41) is 4.97. The predicted molar refractivity (Wildman–Crippen MR) is 115 cm³/mol. The molecule has 0 unspecified atom stereocenters. The lowest BCUT2D eigenvalue weighted by molar-refractivity contribution is -0.116. The Balaban J connectivity index is 1.45. The fourth-order valence-electron chi connectivity index (χ4n) is 3.11. The van der Waals surface area contributed by atoms with Gasteiger partial charge in [-0.05, 0) is 42.8 Å². The van der Waals surface area contributed by atoms with Crippen LogP contribution in [0.15, 0.2) is 60.1 Å². The van der Waals surface area contributed by atoms with Gasteiger partial charge in [0.2, 0.25) is 5.91 Å². The smallest absolute Gasteiger partial charge is 0.224 e. The van der Waals surface area contributed by atoms with E-state index in [4.69, 9.17) is 14.5 Å². The molecule has 2 heterocycles. The second-order valence-corrected chi connectivity index (χ2v) is 7.32. The molecule has 0 saturated carbocycles. The molecule has 4 aromatic rings. The molecule has 0 bridgehead atoms. The highest BCUT2D eigenvalue weighted by atomic mass is 32.1. The summed E-state index contributed by atoms with van der Waals surface area (Å²) in [6, 6.07) is 15.2. The van der Waals surface area contributed by atoms with E-state index >= 15 is 0 Å². The van der Waals surface area contributed by atoms with Crippen LogP contribution in [0, 0.1) is 0 Å². The third-order valence-corrected chi connectivity index (χ3v) is 5.55. The van der Waals surface area contributed by atoms with Crippen LogP contribution in [0.2, 0.25) is 0 Å². The maximum atomic E-state index is 12.4. The number of rotatable bonds is 7. The minimum Gasteiger partial charge on any atom is -0.497 e. The van der Waals surface area contributed by atoms with Crippen molar-refractivity contribution in [2.24, 2.45) is 0 Å². The summed E-state index contributed by atoms with van der Waals surface area (Å²) >= 11 is 1.57. The number of benzene rings is 2. The first-order chi connectivity index (χ1) is 14.2. The Bertz CT molecular complexity index is 1130. The van der Waals surface area contributed by atoms with Crippen molar-refractivity contribution in [3.8, 4) is 22.8 Å². The van der Waals surface area contributed by atoms with Gasteiger partial charge in [-0.3, -0.25) is 9.20 Å². The molecule has 0 fully saturated rings. The Morgan fingerprint density at radius 3 is 2.66 bits per heavy atom. The number of carbonyl (C=O) groups excluding carboxylic acids is 1. The lowest BCUT2D eigenvalue weighted by Crippen LogP contribution is -2.13. The first-order valence-electron chi connectivity index (χ1n) is 9.20. The first kappa shape index (κ1) is 19.0. The van der Waals surface area contributed by atoms with Crippen LogP contribution in [0.4, 0.5) is 5.69 Å². The Hall–Kier alpha value is -3.32. The van der Waals surface area contributed by atoms with Crippen molar-refractivity contribution in [2.45, 2.75) is 12.8 Å². The summed E-state index contributed by atoms with van der Waals surface area (Å²) in [5.41, 5.74) is 3.67. The number of imidazole rings is 1. The molecule has 0 radical (unpaired) electrons. The minimum absolute atomic E-state index is 0.0515. The topological polar surface area (TPSA) is 64.9 Å². The van der Waals surface area contributed by atoms with Crippen LogP contribution in [0.25, 0.3) is 16.2 Å². The van der Waals surface area contributed by atoms with Crippen LogP contribution in [0.1, 0.15) is 12.1 Å². The molecule has 7 heteroatoms. The predicted octanol–water partition coefficient (Wildman–Crippen LogP) is 4.65. The summed E-state index contributed by atoms with van der Waals surface area (Å²) in [6.07, 6.45) is 3.01. The molecule has 0 atom stereocenters. The average molecular weight is 407 g/mol. The van der Waals surface area contributed by atoms with Crippen molar-refractivity contribution in [3.05, 3.63) is 65.8 Å². The summed E-state index contributed by atoms with van der Waals surface area (Å²) in [5.74, 6) is 1.42. The van der Waals surface area contributed by atoms with E-state index in [1.54, 1.807) is 25.6 Å². The van der Waals surface area contributed by atoms with Gasteiger partial charge < -0.3 is 14.8 Å². The number of hydrogen-bond acceptors (Lipinski definition) is 5. The quantitative estimate of drug-likeness (QED) is 0.484.